The maximum atomic E-state index is 12.9. The van der Waals surface area contributed by atoms with E-state index in [1.54, 1.807) is 12.1 Å². The number of amides is 2. The molecule has 0 radical (unpaired) electrons. The van der Waals surface area contributed by atoms with Gasteiger partial charge in [0.2, 0.25) is 0 Å². The van der Waals surface area contributed by atoms with Gasteiger partial charge in [0, 0.05) is 13.1 Å². The third-order valence-corrected chi connectivity index (χ3v) is 3.44. The predicted octanol–water partition coefficient (Wildman–Crippen LogP) is 0.612. The van der Waals surface area contributed by atoms with Gasteiger partial charge in [0.1, 0.15) is 17.6 Å². The maximum Gasteiger partial charge on any atom is 0.271 e. The van der Waals surface area contributed by atoms with Crippen molar-refractivity contribution < 1.29 is 19.1 Å². The van der Waals surface area contributed by atoms with Crippen LogP contribution in [0.4, 0.5) is 9.18 Å². The Kier molecular flexibility index (Phi) is 4.83. The van der Waals surface area contributed by atoms with E-state index >= 15 is 0 Å². The van der Waals surface area contributed by atoms with Gasteiger partial charge in [0.25, 0.3) is 5.91 Å². The van der Waals surface area contributed by atoms with E-state index in [-0.39, 0.29) is 24.6 Å². The molecule has 0 saturated carbocycles. The summed E-state index contributed by atoms with van der Waals surface area (Å²) in [6.45, 7) is 0.164. The van der Waals surface area contributed by atoms with Crippen LogP contribution in [0.1, 0.15) is 10.5 Å². The molecule has 1 aromatic carbocycles. The van der Waals surface area contributed by atoms with E-state index in [0.717, 1.165) is 0 Å². The first-order valence-corrected chi connectivity index (χ1v) is 6.88. The number of hydrogen-bond donors (Lipinski definition) is 2. The van der Waals surface area contributed by atoms with Crippen molar-refractivity contribution in [1.82, 2.24) is 15.6 Å². The third kappa shape index (κ3) is 3.99. The number of carbonyl (C=O) groups is 2. The number of thiazole rings is 1. The van der Waals surface area contributed by atoms with Crippen LogP contribution < -0.4 is 15.7 Å². The molecule has 0 aliphatic heterocycles. The van der Waals surface area contributed by atoms with Crippen LogP contribution in [0.3, 0.4) is 0 Å². The van der Waals surface area contributed by atoms with E-state index in [0.29, 0.717) is 10.4 Å². The Morgan fingerprint density at radius 3 is 2.52 bits per heavy atom. The molecule has 1 aromatic heterocycles. The molecule has 0 atom stereocenters. The lowest BCUT2D eigenvalue weighted by molar-refractivity contribution is -0.250. The molecule has 0 spiro atoms. The Bertz CT molecular complexity index is 642. The summed E-state index contributed by atoms with van der Waals surface area (Å²) in [6.07, 6.45) is -1.40. The quantitative estimate of drug-likeness (QED) is 0.791. The van der Waals surface area contributed by atoms with Crippen LogP contribution >= 0.6 is 11.3 Å². The number of nitrogens with zero attached hydrogens (tertiary/aromatic N) is 1. The zero-order valence-corrected chi connectivity index (χ0v) is 11.6. The van der Waals surface area contributed by atoms with E-state index in [1.807, 2.05) is 5.32 Å². The van der Waals surface area contributed by atoms with Gasteiger partial charge in [-0.25, -0.2) is 9.37 Å². The van der Waals surface area contributed by atoms with Crippen molar-refractivity contribution in [3.05, 3.63) is 41.3 Å². The van der Waals surface area contributed by atoms with Crippen molar-refractivity contribution in [2.75, 3.05) is 13.1 Å². The number of halogens is 1. The normalized spacial score (nSPS) is 10.1. The minimum Gasteiger partial charge on any atom is -0.530 e. The Hall–Kier alpha value is -2.48. The summed E-state index contributed by atoms with van der Waals surface area (Å²) in [6, 6.07) is 5.75. The Balaban J connectivity index is 2.04. The number of carbonyl (C=O) groups excluding carboxylic acids is 2. The number of nitrogens with one attached hydrogen (secondary N) is 2. The van der Waals surface area contributed by atoms with E-state index in [9.17, 15) is 19.1 Å². The molecule has 110 valence electrons. The van der Waals surface area contributed by atoms with E-state index in [2.05, 4.69) is 10.3 Å². The number of hydrogen-bond acceptors (Lipinski definition) is 5. The molecule has 0 aliphatic carbocycles. The molecule has 2 amide bonds. The Morgan fingerprint density at radius 2 is 1.86 bits per heavy atom. The van der Waals surface area contributed by atoms with Crippen molar-refractivity contribution in [2.45, 2.75) is 0 Å². The monoisotopic (exact) mass is 308 g/mol. The number of rotatable bonds is 5. The predicted molar refractivity (Wildman–Crippen MR) is 73.2 cm³/mol. The lowest BCUT2D eigenvalue weighted by Gasteiger charge is -2.08. The molecular weight excluding hydrogens is 297 g/mol. The Labute approximate surface area is 123 Å². The first kappa shape index (κ1) is 14.9. The molecule has 0 unspecified atom stereocenters. The van der Waals surface area contributed by atoms with Gasteiger partial charge in [0.05, 0.1) is 10.4 Å². The van der Waals surface area contributed by atoms with Crippen LogP contribution in [0.2, 0.25) is 0 Å². The molecule has 1 heterocycles. The van der Waals surface area contributed by atoms with Crippen LogP contribution in [0, 0.1) is 5.82 Å². The van der Waals surface area contributed by atoms with Gasteiger partial charge >= 0.3 is 0 Å². The Morgan fingerprint density at radius 1 is 1.19 bits per heavy atom. The number of carboxylic acid groups (broad SMARTS) is 1. The summed E-state index contributed by atoms with van der Waals surface area (Å²) in [5.74, 6) is -0.779. The molecule has 0 bridgehead atoms. The fourth-order valence-electron chi connectivity index (χ4n) is 1.64. The highest BCUT2D eigenvalue weighted by atomic mass is 32.1. The molecule has 2 aromatic rings. The highest BCUT2D eigenvalue weighted by Gasteiger charge is 2.15. The summed E-state index contributed by atoms with van der Waals surface area (Å²) in [7, 11) is 0. The van der Waals surface area contributed by atoms with E-state index in [1.165, 1.54) is 29.0 Å². The second-order valence-electron chi connectivity index (χ2n) is 4.01. The van der Waals surface area contributed by atoms with Crippen molar-refractivity contribution in [3.63, 3.8) is 0 Å². The molecule has 8 heteroatoms. The van der Waals surface area contributed by atoms with E-state index in [4.69, 9.17) is 0 Å². The second kappa shape index (κ2) is 6.80. The smallest absolute Gasteiger partial charge is 0.271 e. The highest BCUT2D eigenvalue weighted by molar-refractivity contribution is 7.13. The van der Waals surface area contributed by atoms with Crippen molar-refractivity contribution in [3.8, 4) is 10.4 Å². The lowest BCUT2D eigenvalue weighted by atomic mass is 10.1. The van der Waals surface area contributed by atoms with Gasteiger partial charge in [-0.2, -0.15) is 0 Å². The third-order valence-electron chi connectivity index (χ3n) is 2.57. The van der Waals surface area contributed by atoms with E-state index < -0.39 is 12.0 Å². The van der Waals surface area contributed by atoms with Gasteiger partial charge in [-0.1, -0.05) is 12.1 Å². The largest absolute Gasteiger partial charge is 0.530 e. The fraction of sp³-hybridized carbons (Fsp3) is 0.154. The highest BCUT2D eigenvalue weighted by Crippen LogP contribution is 2.27. The molecule has 0 fully saturated rings. The summed E-state index contributed by atoms with van der Waals surface area (Å²) in [5, 5.41) is 14.7. The first-order valence-electron chi connectivity index (χ1n) is 6.00. The summed E-state index contributed by atoms with van der Waals surface area (Å²) in [4.78, 5) is 26.8. The maximum absolute atomic E-state index is 12.9. The number of benzene rings is 1. The summed E-state index contributed by atoms with van der Waals surface area (Å²) < 4.78 is 12.9. The standard InChI is InChI=1S/C13H12FN3O3S/c14-9-3-1-8(2-4-9)11-10(17-7-21-11)12(18)15-5-6-16-13(19)20/h1-4,7,16H,5-6H2,(H,15,18)(H,19,20)/p-1. The lowest BCUT2D eigenvalue weighted by Crippen LogP contribution is -2.41. The summed E-state index contributed by atoms with van der Waals surface area (Å²) >= 11 is 1.27. The number of aromatic nitrogens is 1. The van der Waals surface area contributed by atoms with Crippen molar-refractivity contribution in [2.24, 2.45) is 0 Å². The van der Waals surface area contributed by atoms with Gasteiger partial charge in [-0.3, -0.25) is 4.79 Å². The molecular formula is C13H11FN3O3S-. The minimum absolute atomic E-state index is 0.0457. The van der Waals surface area contributed by atoms with Gasteiger partial charge < -0.3 is 20.5 Å². The van der Waals surface area contributed by atoms with Crippen LogP contribution in [0.15, 0.2) is 29.8 Å². The molecule has 6 nitrogen and oxygen atoms in total. The van der Waals surface area contributed by atoms with Gasteiger partial charge in [-0.05, 0) is 17.7 Å². The molecule has 2 rings (SSSR count). The molecule has 0 saturated heterocycles. The average molecular weight is 308 g/mol. The average Bonchev–Trinajstić information content (AvgIpc) is 2.93. The second-order valence-corrected chi connectivity index (χ2v) is 4.86. The SMILES string of the molecule is O=C([O-])NCCNC(=O)c1ncsc1-c1ccc(F)cc1. The molecule has 2 N–H and O–H groups in total. The summed E-state index contributed by atoms with van der Waals surface area (Å²) in [5.41, 5.74) is 2.43. The minimum atomic E-state index is -1.40. The van der Waals surface area contributed by atoms with Crippen molar-refractivity contribution in [1.29, 1.82) is 0 Å². The topological polar surface area (TPSA) is 94.1 Å². The van der Waals surface area contributed by atoms with Crippen LogP contribution in [0.5, 0.6) is 0 Å². The zero-order chi connectivity index (χ0) is 15.2. The molecule has 21 heavy (non-hydrogen) atoms. The van der Waals surface area contributed by atoms with Crippen LogP contribution in [0.25, 0.3) is 10.4 Å². The molecule has 0 aliphatic rings. The fourth-order valence-corrected chi connectivity index (χ4v) is 2.43. The van der Waals surface area contributed by atoms with Gasteiger partial charge in [-0.15, -0.1) is 11.3 Å². The van der Waals surface area contributed by atoms with Crippen molar-refractivity contribution >= 4 is 23.3 Å². The first-order chi connectivity index (χ1) is 10.1. The van der Waals surface area contributed by atoms with Crippen LogP contribution in [-0.4, -0.2) is 30.1 Å². The van der Waals surface area contributed by atoms with Gasteiger partial charge in [0.15, 0.2) is 0 Å². The zero-order valence-electron chi connectivity index (χ0n) is 10.8. The van der Waals surface area contributed by atoms with Crippen LogP contribution in [-0.2, 0) is 0 Å².